The minimum absolute atomic E-state index is 0.0625. The molecule has 8 heteroatoms. The first-order valence-corrected chi connectivity index (χ1v) is 9.95. The van der Waals surface area contributed by atoms with Gasteiger partial charge < -0.3 is 29.3 Å². The third kappa shape index (κ3) is 4.17. The monoisotopic (exact) mass is 400 g/mol. The second-order valence-corrected chi connectivity index (χ2v) is 7.49. The molecule has 8 nitrogen and oxygen atoms in total. The summed E-state index contributed by atoms with van der Waals surface area (Å²) in [5.41, 5.74) is 2.08. The molecule has 0 amide bonds. The lowest BCUT2D eigenvalue weighted by Crippen LogP contribution is -2.47. The van der Waals surface area contributed by atoms with Crippen LogP contribution in [-0.2, 0) is 16.7 Å². The van der Waals surface area contributed by atoms with E-state index in [1.807, 2.05) is 19.9 Å². The number of rotatable bonds is 5. The van der Waals surface area contributed by atoms with Gasteiger partial charge in [0.15, 0.2) is 17.5 Å². The summed E-state index contributed by atoms with van der Waals surface area (Å²) in [6.45, 7) is 6.82. The van der Waals surface area contributed by atoms with Crippen molar-refractivity contribution >= 4 is 5.96 Å². The number of nitrogens with zero attached hydrogens (tertiary/aromatic N) is 2. The molecule has 0 bridgehead atoms. The Morgan fingerprint density at radius 3 is 2.66 bits per heavy atom. The Hall–Kier alpha value is -2.74. The smallest absolute Gasteiger partial charge is 0.231 e. The standard InChI is InChI=1S/C21H28N4O4/c1-14-15(2)29-19(25-14)11-23-20(22-3)24-12-21(6-8-26-9-7-21)16-4-5-17-18(10-16)28-13-27-17/h4-5,10H,6-9,11-13H2,1-3H3,(H2,22,23,24). The highest BCUT2D eigenvalue weighted by Crippen LogP contribution is 2.40. The predicted octanol–water partition coefficient (Wildman–Crippen LogP) is 2.43. The van der Waals surface area contributed by atoms with Crippen LogP contribution < -0.4 is 20.1 Å². The van der Waals surface area contributed by atoms with Crippen molar-refractivity contribution in [2.24, 2.45) is 4.99 Å². The molecule has 4 rings (SSSR count). The highest BCUT2D eigenvalue weighted by molar-refractivity contribution is 5.79. The Morgan fingerprint density at radius 2 is 1.93 bits per heavy atom. The molecular weight excluding hydrogens is 372 g/mol. The minimum atomic E-state index is -0.0625. The van der Waals surface area contributed by atoms with Gasteiger partial charge in [-0.3, -0.25) is 4.99 Å². The zero-order chi connectivity index (χ0) is 20.3. The molecular formula is C21H28N4O4. The van der Waals surface area contributed by atoms with Crippen molar-refractivity contribution in [1.29, 1.82) is 0 Å². The number of nitrogens with one attached hydrogen (secondary N) is 2. The maximum atomic E-state index is 5.64. The van der Waals surface area contributed by atoms with Gasteiger partial charge in [0.05, 0.1) is 12.2 Å². The first-order valence-electron chi connectivity index (χ1n) is 9.95. The highest BCUT2D eigenvalue weighted by Gasteiger charge is 2.35. The normalized spacial score (nSPS) is 18.0. The summed E-state index contributed by atoms with van der Waals surface area (Å²) in [4.78, 5) is 8.76. The van der Waals surface area contributed by atoms with Crippen LogP contribution >= 0.6 is 0 Å². The maximum absolute atomic E-state index is 5.64. The molecule has 1 aromatic heterocycles. The van der Waals surface area contributed by atoms with Crippen molar-refractivity contribution in [2.45, 2.75) is 38.6 Å². The molecule has 0 saturated carbocycles. The van der Waals surface area contributed by atoms with Crippen molar-refractivity contribution in [1.82, 2.24) is 15.6 Å². The summed E-state index contributed by atoms with van der Waals surface area (Å²) in [5, 5.41) is 6.76. The third-order valence-electron chi connectivity index (χ3n) is 5.73. The van der Waals surface area contributed by atoms with E-state index in [-0.39, 0.29) is 12.2 Å². The molecule has 2 aliphatic rings. The molecule has 1 aromatic carbocycles. The fourth-order valence-electron chi connectivity index (χ4n) is 3.80. The molecule has 1 saturated heterocycles. The zero-order valence-corrected chi connectivity index (χ0v) is 17.2. The highest BCUT2D eigenvalue weighted by atomic mass is 16.7. The molecule has 0 spiro atoms. The van der Waals surface area contributed by atoms with Crippen molar-refractivity contribution in [3.05, 3.63) is 41.1 Å². The third-order valence-corrected chi connectivity index (χ3v) is 5.73. The van der Waals surface area contributed by atoms with E-state index in [2.05, 4.69) is 32.7 Å². The van der Waals surface area contributed by atoms with E-state index in [0.717, 1.165) is 55.6 Å². The number of aliphatic imine (C=N–C) groups is 1. The van der Waals surface area contributed by atoms with E-state index < -0.39 is 0 Å². The fraction of sp³-hybridized carbons (Fsp3) is 0.524. The van der Waals surface area contributed by atoms with Crippen LogP contribution in [0.5, 0.6) is 11.5 Å². The van der Waals surface area contributed by atoms with Crippen LogP contribution in [0, 0.1) is 13.8 Å². The molecule has 2 aromatic rings. The zero-order valence-electron chi connectivity index (χ0n) is 17.2. The summed E-state index contributed by atoms with van der Waals surface area (Å²) in [5.74, 6) is 3.82. The van der Waals surface area contributed by atoms with Crippen LogP contribution in [-0.4, -0.2) is 44.5 Å². The number of aryl methyl sites for hydroxylation is 2. The summed E-state index contributed by atoms with van der Waals surface area (Å²) < 4.78 is 22.3. The van der Waals surface area contributed by atoms with Crippen LogP contribution in [0.3, 0.4) is 0 Å². The van der Waals surface area contributed by atoms with E-state index in [1.165, 1.54) is 5.56 Å². The lowest BCUT2D eigenvalue weighted by molar-refractivity contribution is 0.0513. The van der Waals surface area contributed by atoms with Gasteiger partial charge in [0.1, 0.15) is 5.76 Å². The van der Waals surface area contributed by atoms with Crippen molar-refractivity contribution in [3.8, 4) is 11.5 Å². The van der Waals surface area contributed by atoms with Crippen LogP contribution in [0.25, 0.3) is 0 Å². The van der Waals surface area contributed by atoms with Crippen LogP contribution in [0.1, 0.15) is 35.7 Å². The van der Waals surface area contributed by atoms with E-state index in [4.69, 9.17) is 18.6 Å². The Kier molecular flexibility index (Phi) is 5.62. The Labute approximate surface area is 170 Å². The maximum Gasteiger partial charge on any atom is 0.231 e. The molecule has 0 radical (unpaired) electrons. The van der Waals surface area contributed by atoms with Crippen LogP contribution in [0.2, 0.25) is 0 Å². The molecule has 2 aliphatic heterocycles. The summed E-state index contributed by atoms with van der Waals surface area (Å²) >= 11 is 0. The molecule has 3 heterocycles. The number of hydrogen-bond donors (Lipinski definition) is 2. The number of fused-ring (bicyclic) bond motifs is 1. The van der Waals surface area contributed by atoms with E-state index in [1.54, 1.807) is 7.05 Å². The number of guanidine groups is 1. The summed E-state index contributed by atoms with van der Waals surface area (Å²) in [6, 6.07) is 6.23. The van der Waals surface area contributed by atoms with Crippen LogP contribution in [0.4, 0.5) is 0 Å². The minimum Gasteiger partial charge on any atom is -0.454 e. The lowest BCUT2D eigenvalue weighted by atomic mass is 9.74. The first kappa shape index (κ1) is 19.6. The van der Waals surface area contributed by atoms with Gasteiger partial charge in [0.25, 0.3) is 0 Å². The van der Waals surface area contributed by atoms with Crippen molar-refractivity contribution < 1.29 is 18.6 Å². The molecule has 29 heavy (non-hydrogen) atoms. The molecule has 0 aliphatic carbocycles. The van der Waals surface area contributed by atoms with Gasteiger partial charge in [-0.25, -0.2) is 4.98 Å². The van der Waals surface area contributed by atoms with Crippen molar-refractivity contribution in [2.75, 3.05) is 33.6 Å². The fourth-order valence-corrected chi connectivity index (χ4v) is 3.80. The van der Waals surface area contributed by atoms with Gasteiger partial charge in [0.2, 0.25) is 12.7 Å². The predicted molar refractivity (Wildman–Crippen MR) is 108 cm³/mol. The first-order chi connectivity index (χ1) is 14.1. The second kappa shape index (κ2) is 8.32. The molecule has 2 N–H and O–H groups in total. The van der Waals surface area contributed by atoms with Gasteiger partial charge in [-0.05, 0) is 44.4 Å². The van der Waals surface area contributed by atoms with Gasteiger partial charge in [0, 0.05) is 32.2 Å². The average Bonchev–Trinajstić information content (AvgIpc) is 3.34. The van der Waals surface area contributed by atoms with E-state index >= 15 is 0 Å². The van der Waals surface area contributed by atoms with Gasteiger partial charge in [-0.2, -0.15) is 0 Å². The van der Waals surface area contributed by atoms with E-state index in [0.29, 0.717) is 18.4 Å². The Balaban J connectivity index is 1.45. The molecule has 1 fully saturated rings. The molecule has 156 valence electrons. The largest absolute Gasteiger partial charge is 0.454 e. The molecule has 0 atom stereocenters. The SMILES string of the molecule is CN=C(NCc1nc(C)c(C)o1)NCC1(c2ccc3c(c2)OCO3)CCOCC1. The average molecular weight is 400 g/mol. The second-order valence-electron chi connectivity index (χ2n) is 7.49. The Bertz CT molecular complexity index is 867. The van der Waals surface area contributed by atoms with Crippen molar-refractivity contribution in [3.63, 3.8) is 0 Å². The van der Waals surface area contributed by atoms with Gasteiger partial charge >= 0.3 is 0 Å². The topological polar surface area (TPSA) is 90.1 Å². The van der Waals surface area contributed by atoms with E-state index in [9.17, 15) is 0 Å². The van der Waals surface area contributed by atoms with Gasteiger partial charge in [-0.15, -0.1) is 0 Å². The summed E-state index contributed by atoms with van der Waals surface area (Å²) in [6.07, 6.45) is 1.85. The number of benzene rings is 1. The quantitative estimate of drug-likeness (QED) is 0.588. The lowest BCUT2D eigenvalue weighted by Gasteiger charge is -2.38. The summed E-state index contributed by atoms with van der Waals surface area (Å²) in [7, 11) is 1.76. The number of aromatic nitrogens is 1. The van der Waals surface area contributed by atoms with Crippen LogP contribution in [0.15, 0.2) is 27.6 Å². The number of oxazole rings is 1. The Morgan fingerprint density at radius 1 is 1.14 bits per heavy atom. The van der Waals surface area contributed by atoms with Gasteiger partial charge in [-0.1, -0.05) is 6.07 Å². The molecule has 0 unspecified atom stereocenters. The number of hydrogen-bond acceptors (Lipinski definition) is 6. The number of ether oxygens (including phenoxy) is 3.